The minimum Gasteiger partial charge on any atom is -0.302 e. The van der Waals surface area contributed by atoms with E-state index >= 15 is 0 Å². The molecule has 3 rings (SSSR count). The van der Waals surface area contributed by atoms with Crippen LogP contribution in [0, 0.1) is 18.3 Å². The average molecular weight is 380 g/mol. The standard InChI is InChI=1S/C19H16N4OS2/c1-13-12-26-19(21-13)23-17(24)9-10-25-18-15(11-20)7-8-16(22-18)14-5-3-2-4-6-14/h2-8,12H,9-10H2,1H3,(H,21,23,24). The second-order valence-corrected chi connectivity index (χ2v) is 7.41. The third-order valence-corrected chi connectivity index (χ3v) is 5.35. The summed E-state index contributed by atoms with van der Waals surface area (Å²) in [6, 6.07) is 15.6. The molecule has 1 N–H and O–H groups in total. The molecule has 2 heterocycles. The molecule has 0 atom stereocenters. The molecule has 1 aromatic carbocycles. The van der Waals surface area contributed by atoms with E-state index in [2.05, 4.69) is 21.4 Å². The van der Waals surface area contributed by atoms with Gasteiger partial charge in [-0.25, -0.2) is 9.97 Å². The number of thioether (sulfide) groups is 1. The Hall–Kier alpha value is -2.69. The van der Waals surface area contributed by atoms with Gasteiger partial charge >= 0.3 is 0 Å². The van der Waals surface area contributed by atoms with Crippen molar-refractivity contribution in [2.45, 2.75) is 18.4 Å². The summed E-state index contributed by atoms with van der Waals surface area (Å²) in [5, 5.41) is 15.2. The number of benzene rings is 1. The van der Waals surface area contributed by atoms with E-state index in [-0.39, 0.29) is 5.91 Å². The molecular formula is C19H16N4OS2. The second kappa shape index (κ2) is 8.61. The highest BCUT2D eigenvalue weighted by Crippen LogP contribution is 2.26. The smallest absolute Gasteiger partial charge is 0.226 e. The van der Waals surface area contributed by atoms with Crippen LogP contribution in [0.3, 0.4) is 0 Å². The van der Waals surface area contributed by atoms with Crippen molar-refractivity contribution in [3.8, 4) is 17.3 Å². The van der Waals surface area contributed by atoms with Gasteiger partial charge in [0, 0.05) is 23.1 Å². The minimum absolute atomic E-state index is 0.0930. The van der Waals surface area contributed by atoms with E-state index < -0.39 is 0 Å². The van der Waals surface area contributed by atoms with Crippen LogP contribution in [0.15, 0.2) is 52.9 Å². The number of pyridine rings is 1. The monoisotopic (exact) mass is 380 g/mol. The quantitative estimate of drug-likeness (QED) is 0.637. The predicted molar refractivity (Wildman–Crippen MR) is 105 cm³/mol. The lowest BCUT2D eigenvalue weighted by molar-refractivity contribution is -0.115. The number of hydrogen-bond acceptors (Lipinski definition) is 6. The van der Waals surface area contributed by atoms with Gasteiger partial charge in [-0.05, 0) is 19.1 Å². The molecule has 3 aromatic rings. The molecule has 0 fully saturated rings. The van der Waals surface area contributed by atoms with Crippen LogP contribution in [0.2, 0.25) is 0 Å². The molecule has 0 unspecified atom stereocenters. The number of carbonyl (C=O) groups excluding carboxylic acids is 1. The van der Waals surface area contributed by atoms with Crippen molar-refractivity contribution in [3.63, 3.8) is 0 Å². The Morgan fingerprint density at radius 3 is 2.73 bits per heavy atom. The maximum atomic E-state index is 12.0. The van der Waals surface area contributed by atoms with Crippen LogP contribution in [0.25, 0.3) is 11.3 Å². The summed E-state index contributed by atoms with van der Waals surface area (Å²) >= 11 is 2.82. The van der Waals surface area contributed by atoms with Gasteiger partial charge in [-0.2, -0.15) is 5.26 Å². The summed E-state index contributed by atoms with van der Waals surface area (Å²) in [6.45, 7) is 1.89. The van der Waals surface area contributed by atoms with E-state index in [0.717, 1.165) is 17.0 Å². The van der Waals surface area contributed by atoms with Gasteiger partial charge in [0.1, 0.15) is 11.1 Å². The third kappa shape index (κ3) is 4.69. The molecule has 130 valence electrons. The van der Waals surface area contributed by atoms with Crippen LogP contribution < -0.4 is 5.32 Å². The lowest BCUT2D eigenvalue weighted by Crippen LogP contribution is -2.12. The summed E-state index contributed by atoms with van der Waals surface area (Å²) in [4.78, 5) is 20.8. The Bertz CT molecular complexity index is 948. The molecule has 26 heavy (non-hydrogen) atoms. The molecule has 0 aliphatic heterocycles. The maximum Gasteiger partial charge on any atom is 0.226 e. The number of rotatable bonds is 6. The molecule has 1 amide bonds. The van der Waals surface area contributed by atoms with Gasteiger partial charge in [0.25, 0.3) is 0 Å². The minimum atomic E-state index is -0.0930. The van der Waals surface area contributed by atoms with Gasteiger partial charge < -0.3 is 5.32 Å². The van der Waals surface area contributed by atoms with Crippen molar-refractivity contribution in [2.75, 3.05) is 11.1 Å². The molecule has 0 aliphatic carbocycles. The van der Waals surface area contributed by atoms with Crippen LogP contribution in [-0.2, 0) is 4.79 Å². The molecule has 0 aliphatic rings. The SMILES string of the molecule is Cc1csc(NC(=O)CCSc2nc(-c3ccccc3)ccc2C#N)n1. The van der Waals surface area contributed by atoms with Crippen LogP contribution in [0.1, 0.15) is 17.7 Å². The van der Waals surface area contributed by atoms with Crippen LogP contribution in [0.5, 0.6) is 0 Å². The third-order valence-electron chi connectivity index (χ3n) is 3.48. The molecule has 5 nitrogen and oxygen atoms in total. The van der Waals surface area contributed by atoms with Crippen molar-refractivity contribution in [3.05, 3.63) is 59.1 Å². The molecular weight excluding hydrogens is 364 g/mol. The molecule has 0 spiro atoms. The van der Waals surface area contributed by atoms with E-state index in [9.17, 15) is 10.1 Å². The topological polar surface area (TPSA) is 78.7 Å². The lowest BCUT2D eigenvalue weighted by Gasteiger charge is -2.07. The van der Waals surface area contributed by atoms with Gasteiger partial charge in [-0.3, -0.25) is 4.79 Å². The summed E-state index contributed by atoms with van der Waals surface area (Å²) in [7, 11) is 0. The van der Waals surface area contributed by atoms with E-state index in [4.69, 9.17) is 0 Å². The fourth-order valence-electron chi connectivity index (χ4n) is 2.24. The highest BCUT2D eigenvalue weighted by Gasteiger charge is 2.10. The number of nitriles is 1. The van der Waals surface area contributed by atoms with E-state index in [0.29, 0.717) is 27.9 Å². The molecule has 2 aromatic heterocycles. The number of aromatic nitrogens is 2. The summed E-state index contributed by atoms with van der Waals surface area (Å²) in [5.74, 6) is 0.445. The fraction of sp³-hybridized carbons (Fsp3) is 0.158. The van der Waals surface area contributed by atoms with Crippen molar-refractivity contribution in [1.82, 2.24) is 9.97 Å². The zero-order chi connectivity index (χ0) is 18.4. The number of hydrogen-bond donors (Lipinski definition) is 1. The van der Waals surface area contributed by atoms with Gasteiger partial charge in [0.15, 0.2) is 5.13 Å². The van der Waals surface area contributed by atoms with Gasteiger partial charge in [0.2, 0.25) is 5.91 Å². The Morgan fingerprint density at radius 1 is 1.23 bits per heavy atom. The summed E-state index contributed by atoms with van der Waals surface area (Å²) in [5.41, 5.74) is 3.22. The van der Waals surface area contributed by atoms with Crippen molar-refractivity contribution in [2.24, 2.45) is 0 Å². The number of nitrogens with zero attached hydrogens (tertiary/aromatic N) is 3. The number of aryl methyl sites for hydroxylation is 1. The number of nitrogens with one attached hydrogen (secondary N) is 1. The first-order valence-electron chi connectivity index (χ1n) is 7.97. The van der Waals surface area contributed by atoms with Crippen LogP contribution in [0.4, 0.5) is 5.13 Å². The summed E-state index contributed by atoms with van der Waals surface area (Å²) in [6.07, 6.45) is 0.325. The van der Waals surface area contributed by atoms with E-state index in [1.807, 2.05) is 48.7 Å². The highest BCUT2D eigenvalue weighted by atomic mass is 32.2. The Morgan fingerprint density at radius 2 is 2.04 bits per heavy atom. The average Bonchev–Trinajstić information content (AvgIpc) is 3.07. The maximum absolute atomic E-state index is 12.0. The zero-order valence-corrected chi connectivity index (χ0v) is 15.7. The number of amides is 1. The van der Waals surface area contributed by atoms with Crippen LogP contribution in [-0.4, -0.2) is 21.6 Å². The highest BCUT2D eigenvalue weighted by molar-refractivity contribution is 7.99. The van der Waals surface area contributed by atoms with Gasteiger partial charge in [-0.15, -0.1) is 23.1 Å². The Kier molecular flexibility index (Phi) is 6.00. The molecule has 0 saturated carbocycles. The number of carbonyl (C=O) groups is 1. The summed E-state index contributed by atoms with van der Waals surface area (Å²) < 4.78 is 0. The first-order valence-corrected chi connectivity index (χ1v) is 9.83. The first kappa shape index (κ1) is 18.1. The van der Waals surface area contributed by atoms with Crippen LogP contribution >= 0.6 is 23.1 Å². The Balaban J connectivity index is 1.63. The molecule has 7 heteroatoms. The number of anilines is 1. The van der Waals surface area contributed by atoms with Crippen molar-refractivity contribution in [1.29, 1.82) is 5.26 Å². The largest absolute Gasteiger partial charge is 0.302 e. The molecule has 0 saturated heterocycles. The molecule has 0 bridgehead atoms. The normalized spacial score (nSPS) is 10.3. The van der Waals surface area contributed by atoms with Crippen molar-refractivity contribution < 1.29 is 4.79 Å². The zero-order valence-electron chi connectivity index (χ0n) is 14.1. The van der Waals surface area contributed by atoms with E-state index in [1.54, 1.807) is 6.07 Å². The fourth-order valence-corrected chi connectivity index (χ4v) is 3.86. The van der Waals surface area contributed by atoms with Gasteiger partial charge in [0.05, 0.1) is 17.0 Å². The van der Waals surface area contributed by atoms with Gasteiger partial charge in [-0.1, -0.05) is 30.3 Å². The number of thiazole rings is 1. The lowest BCUT2D eigenvalue weighted by atomic mass is 10.1. The Labute approximate surface area is 160 Å². The van der Waals surface area contributed by atoms with Crippen molar-refractivity contribution >= 4 is 34.1 Å². The van der Waals surface area contributed by atoms with E-state index in [1.165, 1.54) is 23.1 Å². The predicted octanol–water partition coefficient (Wildman–Crippen LogP) is 4.51. The first-order chi connectivity index (χ1) is 12.7. The molecule has 0 radical (unpaired) electrons. The second-order valence-electron chi connectivity index (χ2n) is 5.47.